The third kappa shape index (κ3) is 2.23. The molecule has 20 heavy (non-hydrogen) atoms. The predicted octanol–water partition coefficient (Wildman–Crippen LogP) is 4.33. The SMILES string of the molecule is CC1Cc2ccccc2C=C1c1ccc([N+](=O)[O-])cc1. The van der Waals surface area contributed by atoms with Crippen molar-refractivity contribution in [3.05, 3.63) is 75.3 Å². The van der Waals surface area contributed by atoms with Crippen LogP contribution in [0.3, 0.4) is 0 Å². The Kier molecular flexibility index (Phi) is 3.11. The molecule has 0 saturated heterocycles. The fourth-order valence-corrected chi connectivity index (χ4v) is 2.75. The fourth-order valence-electron chi connectivity index (χ4n) is 2.75. The Hall–Kier alpha value is -2.42. The molecule has 3 rings (SSSR count). The van der Waals surface area contributed by atoms with Gasteiger partial charge in [0.15, 0.2) is 0 Å². The Morgan fingerprint density at radius 1 is 1.10 bits per heavy atom. The minimum absolute atomic E-state index is 0.137. The molecule has 0 fully saturated rings. The van der Waals surface area contributed by atoms with E-state index < -0.39 is 0 Å². The van der Waals surface area contributed by atoms with Gasteiger partial charge in [-0.15, -0.1) is 0 Å². The van der Waals surface area contributed by atoms with Crippen molar-refractivity contribution in [1.29, 1.82) is 0 Å². The molecule has 100 valence electrons. The maximum Gasteiger partial charge on any atom is 0.269 e. The van der Waals surface area contributed by atoms with Gasteiger partial charge in [0.2, 0.25) is 0 Å². The van der Waals surface area contributed by atoms with Crippen molar-refractivity contribution in [2.75, 3.05) is 0 Å². The van der Waals surface area contributed by atoms with Crippen LogP contribution in [0.15, 0.2) is 48.5 Å². The third-order valence-corrected chi connectivity index (χ3v) is 3.83. The maximum absolute atomic E-state index is 10.7. The zero-order valence-corrected chi connectivity index (χ0v) is 11.2. The lowest BCUT2D eigenvalue weighted by molar-refractivity contribution is -0.384. The van der Waals surface area contributed by atoms with E-state index in [0.29, 0.717) is 5.92 Å². The highest BCUT2D eigenvalue weighted by atomic mass is 16.6. The highest BCUT2D eigenvalue weighted by Gasteiger charge is 2.19. The monoisotopic (exact) mass is 265 g/mol. The van der Waals surface area contributed by atoms with Crippen LogP contribution < -0.4 is 0 Å². The Bertz CT molecular complexity index is 686. The van der Waals surface area contributed by atoms with Gasteiger partial charge in [0.1, 0.15) is 0 Å². The Balaban J connectivity index is 2.01. The lowest BCUT2D eigenvalue weighted by Crippen LogP contribution is -2.09. The van der Waals surface area contributed by atoms with Crippen molar-refractivity contribution in [1.82, 2.24) is 0 Å². The van der Waals surface area contributed by atoms with Gasteiger partial charge < -0.3 is 0 Å². The number of nitrogens with zero attached hydrogens (tertiary/aromatic N) is 1. The topological polar surface area (TPSA) is 43.1 Å². The first-order valence-electron chi connectivity index (χ1n) is 6.69. The van der Waals surface area contributed by atoms with E-state index >= 15 is 0 Å². The van der Waals surface area contributed by atoms with E-state index in [1.54, 1.807) is 12.1 Å². The third-order valence-electron chi connectivity index (χ3n) is 3.83. The Morgan fingerprint density at radius 2 is 1.80 bits per heavy atom. The molecule has 0 bridgehead atoms. The predicted molar refractivity (Wildman–Crippen MR) is 80.3 cm³/mol. The lowest BCUT2D eigenvalue weighted by atomic mass is 9.81. The van der Waals surface area contributed by atoms with E-state index in [9.17, 15) is 10.1 Å². The van der Waals surface area contributed by atoms with Crippen molar-refractivity contribution >= 4 is 17.3 Å². The average molecular weight is 265 g/mol. The fraction of sp³-hybridized carbons (Fsp3) is 0.176. The molecular weight excluding hydrogens is 250 g/mol. The van der Waals surface area contributed by atoms with Crippen LogP contribution in [-0.2, 0) is 6.42 Å². The molecule has 3 heteroatoms. The molecule has 1 aliphatic carbocycles. The number of nitro groups is 1. The number of nitro benzene ring substituents is 1. The lowest BCUT2D eigenvalue weighted by Gasteiger charge is -2.23. The second-order valence-electron chi connectivity index (χ2n) is 5.21. The van der Waals surface area contributed by atoms with Crippen molar-refractivity contribution in [2.45, 2.75) is 13.3 Å². The highest BCUT2D eigenvalue weighted by Crippen LogP contribution is 2.35. The minimum Gasteiger partial charge on any atom is -0.258 e. The van der Waals surface area contributed by atoms with Gasteiger partial charge in [0.25, 0.3) is 5.69 Å². The van der Waals surface area contributed by atoms with E-state index in [4.69, 9.17) is 0 Å². The normalized spacial score (nSPS) is 17.2. The first-order chi connectivity index (χ1) is 9.65. The van der Waals surface area contributed by atoms with E-state index in [0.717, 1.165) is 12.0 Å². The van der Waals surface area contributed by atoms with Crippen molar-refractivity contribution in [3.63, 3.8) is 0 Å². The molecule has 0 radical (unpaired) electrons. The summed E-state index contributed by atoms with van der Waals surface area (Å²) >= 11 is 0. The zero-order chi connectivity index (χ0) is 14.1. The minimum atomic E-state index is -0.363. The molecule has 1 aliphatic rings. The van der Waals surface area contributed by atoms with Crippen LogP contribution in [0.4, 0.5) is 5.69 Å². The first-order valence-corrected chi connectivity index (χ1v) is 6.69. The average Bonchev–Trinajstić information content (AvgIpc) is 2.46. The summed E-state index contributed by atoms with van der Waals surface area (Å²) in [5.74, 6) is 0.423. The van der Waals surface area contributed by atoms with Gasteiger partial charge in [-0.25, -0.2) is 0 Å². The molecule has 0 spiro atoms. The second kappa shape index (κ2) is 4.93. The van der Waals surface area contributed by atoms with Crippen LogP contribution in [0, 0.1) is 16.0 Å². The number of fused-ring (bicyclic) bond motifs is 1. The number of hydrogen-bond donors (Lipinski definition) is 0. The van der Waals surface area contributed by atoms with E-state index in [1.807, 2.05) is 18.2 Å². The quantitative estimate of drug-likeness (QED) is 0.599. The zero-order valence-electron chi connectivity index (χ0n) is 11.2. The number of rotatable bonds is 2. The number of benzene rings is 2. The molecular formula is C17H15NO2. The standard InChI is InChI=1S/C17H15NO2/c1-12-10-14-4-2-3-5-15(14)11-17(12)13-6-8-16(9-7-13)18(19)20/h2-9,11-12H,10H2,1H3. The van der Waals surface area contributed by atoms with Crippen LogP contribution in [0.1, 0.15) is 23.6 Å². The molecule has 3 nitrogen and oxygen atoms in total. The second-order valence-corrected chi connectivity index (χ2v) is 5.21. The van der Waals surface area contributed by atoms with Crippen LogP contribution >= 0.6 is 0 Å². The smallest absolute Gasteiger partial charge is 0.258 e. The number of non-ortho nitro benzene ring substituents is 1. The Labute approximate surface area is 117 Å². The summed E-state index contributed by atoms with van der Waals surface area (Å²) in [7, 11) is 0. The van der Waals surface area contributed by atoms with Crippen molar-refractivity contribution < 1.29 is 4.92 Å². The van der Waals surface area contributed by atoms with Gasteiger partial charge in [-0.05, 0) is 46.7 Å². The van der Waals surface area contributed by atoms with Crippen molar-refractivity contribution in [2.24, 2.45) is 5.92 Å². The molecule has 0 aliphatic heterocycles. The highest BCUT2D eigenvalue weighted by molar-refractivity contribution is 5.85. The Morgan fingerprint density at radius 3 is 2.50 bits per heavy atom. The molecule has 0 aromatic heterocycles. The van der Waals surface area contributed by atoms with Crippen molar-refractivity contribution in [3.8, 4) is 0 Å². The molecule has 0 heterocycles. The van der Waals surface area contributed by atoms with Gasteiger partial charge in [-0.2, -0.15) is 0 Å². The van der Waals surface area contributed by atoms with Crippen LogP contribution in [0.5, 0.6) is 0 Å². The maximum atomic E-state index is 10.7. The van der Waals surface area contributed by atoms with E-state index in [2.05, 4.69) is 31.2 Å². The molecule has 0 saturated carbocycles. The summed E-state index contributed by atoms with van der Waals surface area (Å²) in [5.41, 5.74) is 5.07. The van der Waals surface area contributed by atoms with Crippen LogP contribution in [0.25, 0.3) is 11.6 Å². The van der Waals surface area contributed by atoms with Gasteiger partial charge in [-0.1, -0.05) is 37.3 Å². The molecule has 2 aromatic carbocycles. The van der Waals surface area contributed by atoms with Crippen LogP contribution in [0.2, 0.25) is 0 Å². The van der Waals surface area contributed by atoms with Gasteiger partial charge in [0.05, 0.1) is 4.92 Å². The summed E-state index contributed by atoms with van der Waals surface area (Å²) in [6, 6.07) is 15.2. The molecule has 2 aromatic rings. The summed E-state index contributed by atoms with van der Waals surface area (Å²) in [5, 5.41) is 10.7. The summed E-state index contributed by atoms with van der Waals surface area (Å²) in [4.78, 5) is 10.3. The van der Waals surface area contributed by atoms with E-state index in [1.165, 1.54) is 16.7 Å². The van der Waals surface area contributed by atoms with Gasteiger partial charge in [-0.3, -0.25) is 10.1 Å². The largest absolute Gasteiger partial charge is 0.269 e. The summed E-state index contributed by atoms with van der Waals surface area (Å²) in [6.45, 7) is 2.20. The van der Waals surface area contributed by atoms with E-state index in [-0.39, 0.29) is 10.6 Å². The molecule has 1 unspecified atom stereocenters. The van der Waals surface area contributed by atoms with Gasteiger partial charge in [0, 0.05) is 12.1 Å². The van der Waals surface area contributed by atoms with Gasteiger partial charge >= 0.3 is 0 Å². The summed E-state index contributed by atoms with van der Waals surface area (Å²) < 4.78 is 0. The number of allylic oxidation sites excluding steroid dienone is 1. The molecule has 0 amide bonds. The molecule has 0 N–H and O–H groups in total. The summed E-state index contributed by atoms with van der Waals surface area (Å²) in [6.07, 6.45) is 3.21. The van der Waals surface area contributed by atoms with Crippen LogP contribution in [-0.4, -0.2) is 4.92 Å². The number of hydrogen-bond acceptors (Lipinski definition) is 2. The first kappa shape index (κ1) is 12.6. The molecule has 1 atom stereocenters.